The van der Waals surface area contributed by atoms with Crippen molar-refractivity contribution in [3.8, 4) is 0 Å². The molecule has 0 saturated heterocycles. The zero-order valence-electron chi connectivity index (χ0n) is 12.2. The van der Waals surface area contributed by atoms with Gasteiger partial charge in [0, 0.05) is 12.1 Å². The third kappa shape index (κ3) is 4.52. The molecule has 0 fully saturated rings. The summed E-state index contributed by atoms with van der Waals surface area (Å²) in [6.45, 7) is 10.6. The Hall–Kier alpha value is -1.31. The molecule has 100 valence electrons. The van der Waals surface area contributed by atoms with Gasteiger partial charge in [0.15, 0.2) is 0 Å². The summed E-state index contributed by atoms with van der Waals surface area (Å²) in [5, 5.41) is 3.04. The van der Waals surface area contributed by atoms with Crippen molar-refractivity contribution in [3.63, 3.8) is 0 Å². The molecule has 0 bridgehead atoms. The van der Waals surface area contributed by atoms with Gasteiger partial charge in [0.05, 0.1) is 0 Å². The summed E-state index contributed by atoms with van der Waals surface area (Å²) in [4.78, 5) is 12.0. The lowest BCUT2D eigenvalue weighted by atomic mass is 9.91. The van der Waals surface area contributed by atoms with E-state index in [0.717, 1.165) is 12.1 Å². The Balaban J connectivity index is 2.81. The van der Waals surface area contributed by atoms with Gasteiger partial charge in [0.2, 0.25) is 5.91 Å². The van der Waals surface area contributed by atoms with Crippen LogP contribution in [0.1, 0.15) is 58.9 Å². The fourth-order valence-corrected chi connectivity index (χ4v) is 1.94. The molecule has 0 spiro atoms. The smallest absolute Gasteiger partial charge is 0.224 e. The zero-order chi connectivity index (χ0) is 13.8. The van der Waals surface area contributed by atoms with Gasteiger partial charge in [-0.15, -0.1) is 0 Å². The van der Waals surface area contributed by atoms with E-state index in [9.17, 15) is 4.79 Å². The van der Waals surface area contributed by atoms with Crippen LogP contribution in [0.5, 0.6) is 0 Å². The Morgan fingerprint density at radius 3 is 2.44 bits per heavy atom. The maximum atomic E-state index is 12.0. The molecule has 1 atom stereocenters. The highest BCUT2D eigenvalue weighted by atomic mass is 16.1. The minimum Gasteiger partial charge on any atom is -0.326 e. The highest BCUT2D eigenvalue weighted by Crippen LogP contribution is 2.27. The van der Waals surface area contributed by atoms with Crippen LogP contribution >= 0.6 is 0 Å². The number of hydrogen-bond donors (Lipinski definition) is 1. The van der Waals surface area contributed by atoms with Crippen LogP contribution in [0.2, 0.25) is 0 Å². The van der Waals surface area contributed by atoms with Crippen LogP contribution in [0.3, 0.4) is 0 Å². The predicted molar refractivity (Wildman–Crippen MR) is 77.8 cm³/mol. The van der Waals surface area contributed by atoms with Crippen LogP contribution < -0.4 is 5.32 Å². The summed E-state index contributed by atoms with van der Waals surface area (Å²) < 4.78 is 0. The van der Waals surface area contributed by atoms with E-state index in [1.807, 2.05) is 18.2 Å². The van der Waals surface area contributed by atoms with Gasteiger partial charge in [-0.2, -0.15) is 0 Å². The molecule has 0 unspecified atom stereocenters. The van der Waals surface area contributed by atoms with E-state index in [-0.39, 0.29) is 11.3 Å². The lowest BCUT2D eigenvalue weighted by Crippen LogP contribution is -2.20. The fraction of sp³-hybridized carbons (Fsp3) is 0.562. The Morgan fingerprint density at radius 1 is 1.28 bits per heavy atom. The summed E-state index contributed by atoms with van der Waals surface area (Å²) in [7, 11) is 0. The number of carbonyl (C=O) groups excluding carboxylic acids is 1. The van der Waals surface area contributed by atoms with E-state index >= 15 is 0 Å². The van der Waals surface area contributed by atoms with E-state index in [1.165, 1.54) is 5.56 Å². The van der Waals surface area contributed by atoms with E-state index in [0.29, 0.717) is 12.3 Å². The molecule has 0 aromatic heterocycles. The Labute approximate surface area is 111 Å². The van der Waals surface area contributed by atoms with Gasteiger partial charge in [0.1, 0.15) is 0 Å². The largest absolute Gasteiger partial charge is 0.326 e. The third-order valence-corrected chi connectivity index (χ3v) is 3.07. The molecule has 0 heterocycles. The lowest BCUT2D eigenvalue weighted by molar-refractivity contribution is -0.117. The second kappa shape index (κ2) is 6.03. The number of benzene rings is 1. The number of para-hydroxylation sites is 1. The van der Waals surface area contributed by atoms with Crippen molar-refractivity contribution < 1.29 is 4.79 Å². The minimum atomic E-state index is 0.0232. The number of nitrogens with one attached hydrogen (secondary N) is 1. The molecule has 0 radical (unpaired) electrons. The first-order valence-corrected chi connectivity index (χ1v) is 6.72. The molecule has 1 aromatic carbocycles. The van der Waals surface area contributed by atoms with E-state index in [2.05, 4.69) is 46.0 Å². The average Bonchev–Trinajstić information content (AvgIpc) is 2.26. The van der Waals surface area contributed by atoms with Crippen molar-refractivity contribution in [1.82, 2.24) is 0 Å². The van der Waals surface area contributed by atoms with Gasteiger partial charge in [-0.25, -0.2) is 0 Å². The summed E-state index contributed by atoms with van der Waals surface area (Å²) in [5.74, 6) is 0.564. The van der Waals surface area contributed by atoms with Crippen LogP contribution in [0, 0.1) is 5.41 Å². The number of amides is 1. The zero-order valence-corrected chi connectivity index (χ0v) is 12.2. The second-order valence-corrected chi connectivity index (χ2v) is 6.18. The van der Waals surface area contributed by atoms with Crippen molar-refractivity contribution in [1.29, 1.82) is 0 Å². The van der Waals surface area contributed by atoms with Gasteiger partial charge >= 0.3 is 0 Å². The first-order chi connectivity index (χ1) is 8.33. The highest BCUT2D eigenvalue weighted by molar-refractivity contribution is 5.92. The maximum absolute atomic E-state index is 12.0. The molecule has 0 aliphatic heterocycles. The first-order valence-electron chi connectivity index (χ1n) is 6.72. The van der Waals surface area contributed by atoms with Gasteiger partial charge < -0.3 is 5.32 Å². The van der Waals surface area contributed by atoms with E-state index < -0.39 is 0 Å². The SMILES string of the molecule is CC[C@H](C)c1ccccc1NC(=O)CC(C)(C)C. The molecule has 0 aliphatic rings. The second-order valence-electron chi connectivity index (χ2n) is 6.18. The normalized spacial score (nSPS) is 13.2. The van der Waals surface area contributed by atoms with Crippen molar-refractivity contribution in [2.45, 2.75) is 53.4 Å². The quantitative estimate of drug-likeness (QED) is 0.829. The monoisotopic (exact) mass is 247 g/mol. The Morgan fingerprint density at radius 2 is 1.89 bits per heavy atom. The van der Waals surface area contributed by atoms with Gasteiger partial charge in [-0.1, -0.05) is 52.8 Å². The van der Waals surface area contributed by atoms with Crippen molar-refractivity contribution in [3.05, 3.63) is 29.8 Å². The highest BCUT2D eigenvalue weighted by Gasteiger charge is 2.17. The molecular formula is C16H25NO. The van der Waals surface area contributed by atoms with Gasteiger partial charge in [-0.05, 0) is 29.4 Å². The number of rotatable bonds is 4. The molecule has 0 aliphatic carbocycles. The fourth-order valence-electron chi connectivity index (χ4n) is 1.94. The first kappa shape index (κ1) is 14.7. The average molecular weight is 247 g/mol. The lowest BCUT2D eigenvalue weighted by Gasteiger charge is -2.19. The summed E-state index contributed by atoms with van der Waals surface area (Å²) in [6, 6.07) is 8.09. The molecule has 2 heteroatoms. The standard InChI is InChI=1S/C16H25NO/c1-6-12(2)13-9-7-8-10-14(13)17-15(18)11-16(3,4)5/h7-10,12H,6,11H2,1-5H3,(H,17,18)/t12-/m0/s1. The Bertz CT molecular complexity index is 404. The molecule has 0 saturated carbocycles. The molecular weight excluding hydrogens is 222 g/mol. The molecule has 1 amide bonds. The molecule has 1 N–H and O–H groups in total. The van der Waals surface area contributed by atoms with Crippen LogP contribution in [-0.2, 0) is 4.79 Å². The van der Waals surface area contributed by atoms with Crippen LogP contribution in [0.4, 0.5) is 5.69 Å². The number of anilines is 1. The van der Waals surface area contributed by atoms with Crippen molar-refractivity contribution in [2.75, 3.05) is 5.32 Å². The molecule has 1 aromatic rings. The number of carbonyl (C=O) groups is 1. The number of hydrogen-bond acceptors (Lipinski definition) is 1. The van der Waals surface area contributed by atoms with Gasteiger partial charge in [-0.3, -0.25) is 4.79 Å². The predicted octanol–water partition coefficient (Wildman–Crippen LogP) is 4.57. The topological polar surface area (TPSA) is 29.1 Å². The van der Waals surface area contributed by atoms with Crippen LogP contribution in [-0.4, -0.2) is 5.91 Å². The van der Waals surface area contributed by atoms with E-state index in [1.54, 1.807) is 0 Å². The molecule has 18 heavy (non-hydrogen) atoms. The maximum Gasteiger partial charge on any atom is 0.224 e. The summed E-state index contributed by atoms with van der Waals surface area (Å²) in [5.41, 5.74) is 2.21. The van der Waals surface area contributed by atoms with Crippen molar-refractivity contribution in [2.24, 2.45) is 5.41 Å². The van der Waals surface area contributed by atoms with Crippen LogP contribution in [0.15, 0.2) is 24.3 Å². The third-order valence-electron chi connectivity index (χ3n) is 3.07. The van der Waals surface area contributed by atoms with E-state index in [4.69, 9.17) is 0 Å². The molecule has 2 nitrogen and oxygen atoms in total. The van der Waals surface area contributed by atoms with Gasteiger partial charge in [0.25, 0.3) is 0 Å². The summed E-state index contributed by atoms with van der Waals surface area (Å²) in [6.07, 6.45) is 1.62. The van der Waals surface area contributed by atoms with Crippen molar-refractivity contribution >= 4 is 11.6 Å². The minimum absolute atomic E-state index is 0.0232. The summed E-state index contributed by atoms with van der Waals surface area (Å²) >= 11 is 0. The molecule has 1 rings (SSSR count). The Kier molecular flexibility index (Phi) is 4.94. The van der Waals surface area contributed by atoms with Crippen LogP contribution in [0.25, 0.3) is 0 Å².